The van der Waals surface area contributed by atoms with E-state index in [0.717, 1.165) is 41.9 Å². The Labute approximate surface area is 196 Å². The van der Waals surface area contributed by atoms with Crippen LogP contribution in [-0.2, 0) is 6.54 Å². The Morgan fingerprint density at radius 3 is 2.39 bits per heavy atom. The summed E-state index contributed by atoms with van der Waals surface area (Å²) < 4.78 is 14.7. The van der Waals surface area contributed by atoms with Gasteiger partial charge >= 0.3 is 0 Å². The minimum Gasteiger partial charge on any atom is -0.368 e. The Hall–Kier alpha value is -2.67. The predicted molar refractivity (Wildman–Crippen MR) is 132 cm³/mol. The van der Waals surface area contributed by atoms with E-state index in [1.54, 1.807) is 0 Å². The number of hydrogen-bond acceptors (Lipinski definition) is 4. The summed E-state index contributed by atoms with van der Waals surface area (Å²) in [5.74, 6) is -0.814. The molecule has 1 aliphatic heterocycles. The third-order valence-electron chi connectivity index (χ3n) is 7.22. The molecule has 2 aromatic rings. The minimum absolute atomic E-state index is 0.0903. The molecule has 1 aromatic heterocycles. The number of benzene rings is 1. The molecule has 0 bridgehead atoms. The van der Waals surface area contributed by atoms with E-state index in [4.69, 9.17) is 0 Å². The molecule has 2 unspecified atom stereocenters. The molecule has 2 N–H and O–H groups in total. The van der Waals surface area contributed by atoms with Gasteiger partial charge in [-0.1, -0.05) is 0 Å². The molecule has 6 nitrogen and oxygen atoms in total. The third kappa shape index (κ3) is 5.29. The van der Waals surface area contributed by atoms with E-state index < -0.39 is 5.82 Å². The fourth-order valence-electron chi connectivity index (χ4n) is 5.09. The minimum atomic E-state index is -0.433. The fourth-order valence-corrected chi connectivity index (χ4v) is 5.09. The third-order valence-corrected chi connectivity index (χ3v) is 7.22. The Balaban J connectivity index is 1.87. The fraction of sp³-hybridized carbons (Fsp3) is 0.538. The largest absolute Gasteiger partial charge is 0.368 e. The van der Waals surface area contributed by atoms with E-state index in [2.05, 4.69) is 47.9 Å². The van der Waals surface area contributed by atoms with Crippen molar-refractivity contribution in [3.05, 3.63) is 62.3 Å². The van der Waals surface area contributed by atoms with Crippen molar-refractivity contribution in [2.24, 2.45) is 0 Å². The van der Waals surface area contributed by atoms with Crippen molar-refractivity contribution in [1.82, 2.24) is 15.2 Å². The number of carbonyl (C=O) groups excluding carboxylic acids is 1. The molecular weight excluding hydrogens is 419 g/mol. The monoisotopic (exact) mass is 456 g/mol. The van der Waals surface area contributed by atoms with Gasteiger partial charge in [0.05, 0.1) is 0 Å². The molecule has 1 fully saturated rings. The maximum atomic E-state index is 14.7. The normalized spacial score (nSPS) is 21.2. The summed E-state index contributed by atoms with van der Waals surface area (Å²) in [6.07, 6.45) is 1.98. The van der Waals surface area contributed by atoms with Crippen LogP contribution in [0.25, 0.3) is 0 Å². The van der Waals surface area contributed by atoms with E-state index in [0.29, 0.717) is 23.2 Å². The molecule has 3 atom stereocenters. The van der Waals surface area contributed by atoms with Gasteiger partial charge in [0.15, 0.2) is 0 Å². The molecule has 7 heteroatoms. The van der Waals surface area contributed by atoms with Crippen LogP contribution in [0.4, 0.5) is 10.1 Å². The molecule has 0 saturated carbocycles. The first-order valence-corrected chi connectivity index (χ1v) is 11.8. The van der Waals surface area contributed by atoms with Gasteiger partial charge in [-0.25, -0.2) is 4.39 Å². The van der Waals surface area contributed by atoms with Crippen molar-refractivity contribution in [1.29, 1.82) is 0 Å². The number of nitrogens with one attached hydrogen (secondary N) is 2. The van der Waals surface area contributed by atoms with Crippen molar-refractivity contribution in [3.63, 3.8) is 0 Å². The quantitative estimate of drug-likeness (QED) is 0.688. The maximum Gasteiger partial charge on any atom is 0.253 e. The van der Waals surface area contributed by atoms with Crippen LogP contribution in [0, 0.1) is 26.6 Å². The van der Waals surface area contributed by atoms with Gasteiger partial charge in [-0.2, -0.15) is 0 Å². The first kappa shape index (κ1) is 25.0. The standard InChI is InChI=1S/C26H37FN4O2/c1-8-31(21-10-17(4)30(7)18(5)11-21)24-13-20(27)12-22(19(24)6)25(32)28-14-23-15(2)9-16(3)29-26(23)33/h9,12-13,17-18,21H,8,10-11,14H2,1-7H3,(H,28,32)(H,29,33)/t17-,18?,21?/m1/s1. The molecule has 1 saturated heterocycles. The number of H-pyrrole nitrogens is 1. The van der Waals surface area contributed by atoms with Crippen molar-refractivity contribution in [2.75, 3.05) is 18.5 Å². The second kappa shape index (κ2) is 10.1. The zero-order valence-corrected chi connectivity index (χ0v) is 20.9. The second-order valence-electron chi connectivity index (χ2n) is 9.50. The average Bonchev–Trinajstić information content (AvgIpc) is 2.73. The van der Waals surface area contributed by atoms with Crippen LogP contribution in [-0.4, -0.2) is 47.5 Å². The summed E-state index contributed by atoms with van der Waals surface area (Å²) in [6, 6.07) is 5.84. The number of nitrogens with zero attached hydrogens (tertiary/aromatic N) is 2. The lowest BCUT2D eigenvalue weighted by Gasteiger charge is -2.45. The summed E-state index contributed by atoms with van der Waals surface area (Å²) in [6.45, 7) is 12.9. The number of aryl methyl sites for hydroxylation is 2. The van der Waals surface area contributed by atoms with Crippen LogP contribution >= 0.6 is 0 Å². The number of pyridine rings is 1. The lowest BCUT2D eigenvalue weighted by atomic mass is 9.91. The molecule has 3 rings (SSSR count). The smallest absolute Gasteiger partial charge is 0.253 e. The van der Waals surface area contributed by atoms with E-state index in [9.17, 15) is 14.0 Å². The highest BCUT2D eigenvalue weighted by Crippen LogP contribution is 2.32. The summed E-state index contributed by atoms with van der Waals surface area (Å²) >= 11 is 0. The van der Waals surface area contributed by atoms with Gasteiger partial charge in [0.25, 0.3) is 11.5 Å². The predicted octanol–water partition coefficient (Wildman–Crippen LogP) is 4.07. The SMILES string of the molecule is CCN(c1cc(F)cc(C(=O)NCc2c(C)cc(C)[nH]c2=O)c1C)C1CC(C)N(C)[C@H](C)C1. The number of amides is 1. The molecule has 0 spiro atoms. The molecule has 1 aromatic carbocycles. The van der Waals surface area contributed by atoms with E-state index >= 15 is 0 Å². The average molecular weight is 457 g/mol. The number of piperidine rings is 1. The molecule has 33 heavy (non-hydrogen) atoms. The molecule has 2 heterocycles. The Morgan fingerprint density at radius 2 is 1.82 bits per heavy atom. The van der Waals surface area contributed by atoms with Gasteiger partial charge < -0.3 is 20.1 Å². The van der Waals surface area contributed by atoms with Crippen molar-refractivity contribution < 1.29 is 9.18 Å². The molecule has 0 aliphatic carbocycles. The van der Waals surface area contributed by atoms with E-state index in [-0.39, 0.29) is 24.1 Å². The van der Waals surface area contributed by atoms with Crippen LogP contribution in [0.15, 0.2) is 23.0 Å². The highest BCUT2D eigenvalue weighted by Gasteiger charge is 2.32. The molecule has 1 aliphatic rings. The van der Waals surface area contributed by atoms with Gasteiger partial charge in [0, 0.05) is 53.7 Å². The summed E-state index contributed by atoms with van der Waals surface area (Å²) in [5.41, 5.74) is 3.70. The second-order valence-corrected chi connectivity index (χ2v) is 9.50. The molecule has 180 valence electrons. The first-order valence-electron chi connectivity index (χ1n) is 11.8. The lowest BCUT2D eigenvalue weighted by Crippen LogP contribution is -2.51. The number of carbonyl (C=O) groups is 1. The van der Waals surface area contributed by atoms with E-state index in [1.165, 1.54) is 12.1 Å². The summed E-state index contributed by atoms with van der Waals surface area (Å²) in [7, 11) is 2.15. The van der Waals surface area contributed by atoms with Gasteiger partial charge in [0.1, 0.15) is 5.82 Å². The zero-order chi connectivity index (χ0) is 24.4. The van der Waals surface area contributed by atoms with Crippen molar-refractivity contribution >= 4 is 11.6 Å². The lowest BCUT2D eigenvalue weighted by molar-refractivity contribution is 0.0949. The van der Waals surface area contributed by atoms with Crippen LogP contribution in [0.1, 0.15) is 66.4 Å². The van der Waals surface area contributed by atoms with E-state index in [1.807, 2.05) is 26.8 Å². The van der Waals surface area contributed by atoms with Gasteiger partial charge in [0.2, 0.25) is 0 Å². The highest BCUT2D eigenvalue weighted by atomic mass is 19.1. The number of likely N-dealkylation sites (tertiary alicyclic amines) is 1. The Kier molecular flexibility index (Phi) is 7.62. The van der Waals surface area contributed by atoms with Gasteiger partial charge in [-0.05, 0) is 90.8 Å². The Morgan fingerprint density at radius 1 is 1.18 bits per heavy atom. The van der Waals surface area contributed by atoms with Crippen molar-refractivity contribution in [3.8, 4) is 0 Å². The van der Waals surface area contributed by atoms with Crippen LogP contribution in [0.5, 0.6) is 0 Å². The van der Waals surface area contributed by atoms with Gasteiger partial charge in [-0.3, -0.25) is 9.59 Å². The van der Waals surface area contributed by atoms with Crippen LogP contribution < -0.4 is 15.8 Å². The summed E-state index contributed by atoms with van der Waals surface area (Å²) in [4.78, 5) is 32.7. The number of rotatable bonds is 6. The molecule has 0 radical (unpaired) electrons. The summed E-state index contributed by atoms with van der Waals surface area (Å²) in [5, 5.41) is 2.82. The number of hydrogen-bond donors (Lipinski definition) is 2. The molecule has 1 amide bonds. The number of aromatic nitrogens is 1. The first-order chi connectivity index (χ1) is 15.5. The zero-order valence-electron chi connectivity index (χ0n) is 20.9. The highest BCUT2D eigenvalue weighted by molar-refractivity contribution is 5.97. The number of halogens is 1. The maximum absolute atomic E-state index is 14.7. The van der Waals surface area contributed by atoms with Crippen molar-refractivity contribution in [2.45, 2.75) is 79.1 Å². The topological polar surface area (TPSA) is 68.4 Å². The van der Waals surface area contributed by atoms with Crippen LogP contribution in [0.3, 0.4) is 0 Å². The number of anilines is 1. The van der Waals surface area contributed by atoms with Gasteiger partial charge in [-0.15, -0.1) is 0 Å². The number of aromatic amines is 1. The Bertz CT molecular complexity index is 1070. The molecular formula is C26H37FN4O2. The van der Waals surface area contributed by atoms with Crippen LogP contribution in [0.2, 0.25) is 0 Å².